The van der Waals surface area contributed by atoms with E-state index in [0.29, 0.717) is 0 Å². The predicted octanol–water partition coefficient (Wildman–Crippen LogP) is 2.61. The van der Waals surface area contributed by atoms with Crippen LogP contribution in [0, 0.1) is 5.41 Å². The quantitative estimate of drug-likeness (QED) is 0.693. The molecule has 17 heavy (non-hydrogen) atoms. The van der Waals surface area contributed by atoms with Crippen molar-refractivity contribution in [3.05, 3.63) is 47.7 Å². The Balaban J connectivity index is 2.41. The van der Waals surface area contributed by atoms with Crippen molar-refractivity contribution < 1.29 is 0 Å². The van der Waals surface area contributed by atoms with E-state index in [4.69, 9.17) is 5.73 Å². The van der Waals surface area contributed by atoms with Gasteiger partial charge in [0.15, 0.2) is 0 Å². The maximum atomic E-state index is 6.30. The van der Waals surface area contributed by atoms with Gasteiger partial charge in [-0.1, -0.05) is 44.7 Å². The van der Waals surface area contributed by atoms with Gasteiger partial charge in [-0.25, -0.2) is 0 Å². The molecule has 1 aliphatic carbocycles. The number of hydrogen-bond donors (Lipinski definition) is 1. The van der Waals surface area contributed by atoms with Crippen LogP contribution in [-0.2, 0) is 0 Å². The van der Waals surface area contributed by atoms with Gasteiger partial charge >= 0.3 is 0 Å². The second kappa shape index (κ2) is 4.19. The highest BCUT2D eigenvalue weighted by Gasteiger charge is 2.23. The first-order valence-corrected chi connectivity index (χ1v) is 6.18. The average molecular weight is 230 g/mol. The molecule has 1 aliphatic heterocycles. The number of hydrogen-bond acceptors (Lipinski definition) is 2. The summed E-state index contributed by atoms with van der Waals surface area (Å²) >= 11 is 0. The first kappa shape index (κ1) is 12.2. The minimum Gasteiger partial charge on any atom is -0.376 e. The Morgan fingerprint density at radius 1 is 1.35 bits per heavy atom. The third kappa shape index (κ3) is 2.37. The molecule has 2 rings (SSSR count). The minimum atomic E-state index is -0.0766. The Morgan fingerprint density at radius 2 is 2.00 bits per heavy atom. The van der Waals surface area contributed by atoms with E-state index in [1.807, 2.05) is 0 Å². The maximum Gasteiger partial charge on any atom is 0.0699 e. The van der Waals surface area contributed by atoms with E-state index in [2.05, 4.69) is 56.7 Å². The molecule has 2 heteroatoms. The molecule has 1 heterocycles. The zero-order valence-electron chi connectivity index (χ0n) is 11.0. The molecule has 0 aromatic carbocycles. The average Bonchev–Trinajstić information content (AvgIpc) is 2.48. The van der Waals surface area contributed by atoms with Crippen LogP contribution in [0.1, 0.15) is 20.3 Å². The largest absolute Gasteiger partial charge is 0.376 e. The molecule has 0 aromatic heterocycles. The summed E-state index contributed by atoms with van der Waals surface area (Å²) in [6.07, 6.45) is 9.94. The summed E-state index contributed by atoms with van der Waals surface area (Å²) in [7, 11) is 2.06. The highest BCUT2D eigenvalue weighted by molar-refractivity contribution is 5.45. The topological polar surface area (TPSA) is 29.3 Å². The lowest BCUT2D eigenvalue weighted by Crippen LogP contribution is -2.32. The molecule has 1 unspecified atom stereocenters. The summed E-state index contributed by atoms with van der Waals surface area (Å²) in [6, 6.07) is -0.0766. The maximum absolute atomic E-state index is 6.30. The number of rotatable bonds is 0. The normalized spacial score (nSPS) is 27.9. The van der Waals surface area contributed by atoms with Crippen molar-refractivity contribution in [2.24, 2.45) is 11.1 Å². The second-order valence-corrected chi connectivity index (χ2v) is 5.61. The van der Waals surface area contributed by atoms with Crippen LogP contribution < -0.4 is 5.73 Å². The zero-order valence-corrected chi connectivity index (χ0v) is 11.0. The lowest BCUT2D eigenvalue weighted by molar-refractivity contribution is 0.412. The number of nitrogens with zero attached hydrogens (tertiary/aromatic N) is 1. The predicted molar refractivity (Wildman–Crippen MR) is 73.4 cm³/mol. The van der Waals surface area contributed by atoms with Crippen LogP contribution in [0.3, 0.4) is 0 Å². The van der Waals surface area contributed by atoms with E-state index < -0.39 is 0 Å². The van der Waals surface area contributed by atoms with Gasteiger partial charge in [0.05, 0.1) is 6.04 Å². The summed E-state index contributed by atoms with van der Waals surface area (Å²) in [4.78, 5) is 2.16. The van der Waals surface area contributed by atoms with Crippen molar-refractivity contribution in [3.8, 4) is 0 Å². The molecule has 2 nitrogen and oxygen atoms in total. The van der Waals surface area contributed by atoms with Gasteiger partial charge in [-0.3, -0.25) is 0 Å². The fourth-order valence-electron chi connectivity index (χ4n) is 2.26. The molecule has 0 aromatic rings. The molecule has 92 valence electrons. The Labute approximate surface area is 104 Å². The Bertz CT molecular complexity index is 424. The van der Waals surface area contributed by atoms with Gasteiger partial charge < -0.3 is 10.6 Å². The van der Waals surface area contributed by atoms with Crippen molar-refractivity contribution in [3.63, 3.8) is 0 Å². The summed E-state index contributed by atoms with van der Waals surface area (Å²) in [5.41, 5.74) is 9.99. The molecular formula is C15H22N2. The van der Waals surface area contributed by atoms with E-state index in [9.17, 15) is 0 Å². The van der Waals surface area contributed by atoms with Crippen LogP contribution in [0.2, 0.25) is 0 Å². The fraction of sp³-hybridized carbons (Fsp3) is 0.467. The van der Waals surface area contributed by atoms with Crippen LogP contribution in [0.15, 0.2) is 47.7 Å². The summed E-state index contributed by atoms with van der Waals surface area (Å²) in [6.45, 7) is 9.51. The van der Waals surface area contributed by atoms with E-state index in [1.54, 1.807) is 0 Å². The Hall–Kier alpha value is -1.28. The van der Waals surface area contributed by atoms with Crippen LogP contribution >= 0.6 is 0 Å². The molecule has 0 bridgehead atoms. The van der Waals surface area contributed by atoms with Gasteiger partial charge in [0.2, 0.25) is 0 Å². The Kier molecular flexibility index (Phi) is 3.00. The third-order valence-corrected chi connectivity index (χ3v) is 3.68. The van der Waals surface area contributed by atoms with Gasteiger partial charge in [0.1, 0.15) is 0 Å². The lowest BCUT2D eigenvalue weighted by atomic mass is 9.92. The van der Waals surface area contributed by atoms with Gasteiger partial charge in [-0.2, -0.15) is 0 Å². The molecule has 0 fully saturated rings. The van der Waals surface area contributed by atoms with Crippen molar-refractivity contribution in [2.75, 3.05) is 13.6 Å². The Morgan fingerprint density at radius 3 is 2.71 bits per heavy atom. The van der Waals surface area contributed by atoms with Crippen LogP contribution in [0.4, 0.5) is 0 Å². The van der Waals surface area contributed by atoms with Gasteiger partial charge in [-0.05, 0) is 17.6 Å². The van der Waals surface area contributed by atoms with E-state index >= 15 is 0 Å². The van der Waals surface area contributed by atoms with Gasteiger partial charge in [0, 0.05) is 24.7 Å². The zero-order chi connectivity index (χ0) is 12.6. The molecule has 0 saturated heterocycles. The van der Waals surface area contributed by atoms with Crippen molar-refractivity contribution in [2.45, 2.75) is 26.3 Å². The molecular weight excluding hydrogens is 208 g/mol. The number of nitrogens with two attached hydrogens (primary N) is 1. The third-order valence-electron chi connectivity index (χ3n) is 3.68. The number of likely N-dealkylation sites (N-methyl/N-ethyl adjacent to an activating group) is 1. The molecule has 2 aliphatic rings. The first-order chi connectivity index (χ1) is 7.91. The lowest BCUT2D eigenvalue weighted by Gasteiger charge is -2.23. The molecule has 0 spiro atoms. The van der Waals surface area contributed by atoms with Crippen LogP contribution in [0.5, 0.6) is 0 Å². The fourth-order valence-corrected chi connectivity index (χ4v) is 2.26. The van der Waals surface area contributed by atoms with Crippen LogP contribution in [0.25, 0.3) is 0 Å². The smallest absolute Gasteiger partial charge is 0.0699 e. The highest BCUT2D eigenvalue weighted by Crippen LogP contribution is 2.31. The summed E-state index contributed by atoms with van der Waals surface area (Å²) in [5.74, 6) is 0. The monoisotopic (exact) mass is 230 g/mol. The SMILES string of the molecule is C=C1C(N)C2=C(C=CC(C)(C)C=C2)CCN1C. The van der Waals surface area contributed by atoms with Crippen LogP contribution in [-0.4, -0.2) is 24.5 Å². The van der Waals surface area contributed by atoms with Crippen molar-refractivity contribution in [1.29, 1.82) is 0 Å². The first-order valence-electron chi connectivity index (χ1n) is 6.18. The van der Waals surface area contributed by atoms with Crippen molar-refractivity contribution >= 4 is 0 Å². The highest BCUT2D eigenvalue weighted by atomic mass is 15.1. The van der Waals surface area contributed by atoms with E-state index in [1.165, 1.54) is 11.1 Å². The molecule has 0 radical (unpaired) electrons. The minimum absolute atomic E-state index is 0.0766. The van der Waals surface area contributed by atoms with Gasteiger partial charge in [0.25, 0.3) is 0 Å². The standard InChI is InChI=1S/C15H22N2/c1-11-14(16)13-6-9-15(2,3)8-5-12(13)7-10-17(11)4/h5-6,8-9,14H,1,7,10,16H2,2-4H3. The molecule has 0 saturated carbocycles. The second-order valence-electron chi connectivity index (χ2n) is 5.61. The molecule has 0 amide bonds. The molecule has 2 N–H and O–H groups in total. The van der Waals surface area contributed by atoms with Gasteiger partial charge in [-0.15, -0.1) is 0 Å². The van der Waals surface area contributed by atoms with E-state index in [0.717, 1.165) is 18.7 Å². The van der Waals surface area contributed by atoms with Crippen molar-refractivity contribution in [1.82, 2.24) is 4.90 Å². The molecule has 1 atom stereocenters. The summed E-state index contributed by atoms with van der Waals surface area (Å²) < 4.78 is 0. The van der Waals surface area contributed by atoms with E-state index in [-0.39, 0.29) is 11.5 Å². The number of allylic oxidation sites excluding steroid dienone is 3. The summed E-state index contributed by atoms with van der Waals surface area (Å²) in [5, 5.41) is 0.